The zero-order chi connectivity index (χ0) is 13.7. The molecule has 0 radical (unpaired) electrons. The summed E-state index contributed by atoms with van der Waals surface area (Å²) in [7, 11) is 0. The summed E-state index contributed by atoms with van der Waals surface area (Å²) >= 11 is 0. The fourth-order valence-electron chi connectivity index (χ4n) is 3.32. The van der Waals surface area contributed by atoms with Gasteiger partial charge in [-0.15, -0.1) is 0 Å². The zero-order valence-corrected chi connectivity index (χ0v) is 12.7. The molecule has 3 heteroatoms. The Morgan fingerprint density at radius 3 is 2.63 bits per heavy atom. The standard InChI is InChI=1S/C16H31NO2/c1-13-6-3-4-7-15(13)19-11-14(18)10-17-12-16(2)8-5-9-16/h13-15,17-18H,3-12H2,1-2H3. The molecule has 19 heavy (non-hydrogen) atoms. The molecule has 2 aliphatic rings. The highest BCUT2D eigenvalue weighted by atomic mass is 16.5. The third-order valence-corrected chi connectivity index (χ3v) is 5.03. The summed E-state index contributed by atoms with van der Waals surface area (Å²) in [5.74, 6) is 0.655. The van der Waals surface area contributed by atoms with E-state index in [2.05, 4.69) is 19.2 Å². The van der Waals surface area contributed by atoms with Crippen LogP contribution in [0.5, 0.6) is 0 Å². The SMILES string of the molecule is CC1CCCCC1OCC(O)CNCC1(C)CCC1. The van der Waals surface area contributed by atoms with Crippen molar-refractivity contribution in [3.05, 3.63) is 0 Å². The van der Waals surface area contributed by atoms with Gasteiger partial charge in [-0.3, -0.25) is 0 Å². The lowest BCUT2D eigenvalue weighted by Crippen LogP contribution is -2.41. The molecule has 2 aliphatic carbocycles. The van der Waals surface area contributed by atoms with E-state index in [1.165, 1.54) is 44.9 Å². The van der Waals surface area contributed by atoms with Gasteiger partial charge in [-0.25, -0.2) is 0 Å². The number of nitrogens with one attached hydrogen (secondary N) is 1. The first-order chi connectivity index (χ1) is 9.09. The highest BCUT2D eigenvalue weighted by Gasteiger charge is 2.31. The van der Waals surface area contributed by atoms with Gasteiger partial charge in [0.2, 0.25) is 0 Å². The third-order valence-electron chi connectivity index (χ3n) is 5.03. The minimum Gasteiger partial charge on any atom is -0.389 e. The van der Waals surface area contributed by atoms with Gasteiger partial charge in [0, 0.05) is 13.1 Å². The topological polar surface area (TPSA) is 41.5 Å². The average molecular weight is 269 g/mol. The van der Waals surface area contributed by atoms with Crippen molar-refractivity contribution in [1.82, 2.24) is 5.32 Å². The van der Waals surface area contributed by atoms with Crippen molar-refractivity contribution in [2.45, 2.75) is 71.0 Å². The molecule has 2 saturated carbocycles. The minimum absolute atomic E-state index is 0.363. The Morgan fingerprint density at radius 1 is 1.26 bits per heavy atom. The molecule has 2 fully saturated rings. The van der Waals surface area contributed by atoms with Gasteiger partial charge < -0.3 is 15.2 Å². The maximum absolute atomic E-state index is 9.97. The lowest BCUT2D eigenvalue weighted by molar-refractivity contribution is -0.0458. The van der Waals surface area contributed by atoms with Crippen LogP contribution >= 0.6 is 0 Å². The van der Waals surface area contributed by atoms with Gasteiger partial charge in [0.25, 0.3) is 0 Å². The predicted molar refractivity (Wildman–Crippen MR) is 78.2 cm³/mol. The van der Waals surface area contributed by atoms with Crippen molar-refractivity contribution in [1.29, 1.82) is 0 Å². The van der Waals surface area contributed by atoms with Gasteiger partial charge in [-0.1, -0.05) is 33.1 Å². The smallest absolute Gasteiger partial charge is 0.0897 e. The molecule has 2 N–H and O–H groups in total. The Morgan fingerprint density at radius 2 is 2.00 bits per heavy atom. The summed E-state index contributed by atoms with van der Waals surface area (Å²) in [6.45, 7) is 6.78. The Labute approximate surface area is 118 Å². The molecule has 0 amide bonds. The number of hydrogen-bond acceptors (Lipinski definition) is 3. The largest absolute Gasteiger partial charge is 0.389 e. The summed E-state index contributed by atoms with van der Waals surface area (Å²) in [4.78, 5) is 0. The van der Waals surface area contributed by atoms with Gasteiger partial charge in [0.15, 0.2) is 0 Å². The van der Waals surface area contributed by atoms with E-state index >= 15 is 0 Å². The molecule has 0 aromatic heterocycles. The van der Waals surface area contributed by atoms with Crippen LogP contribution < -0.4 is 5.32 Å². The molecule has 0 aliphatic heterocycles. The van der Waals surface area contributed by atoms with Crippen molar-refractivity contribution < 1.29 is 9.84 Å². The van der Waals surface area contributed by atoms with Crippen LogP contribution in [0.2, 0.25) is 0 Å². The quantitative estimate of drug-likeness (QED) is 0.746. The van der Waals surface area contributed by atoms with E-state index in [-0.39, 0.29) is 6.10 Å². The summed E-state index contributed by atoms with van der Waals surface area (Å²) in [6, 6.07) is 0. The Bertz CT molecular complexity index is 265. The highest BCUT2D eigenvalue weighted by molar-refractivity contribution is 4.85. The van der Waals surface area contributed by atoms with E-state index in [4.69, 9.17) is 4.74 Å². The number of aliphatic hydroxyl groups excluding tert-OH is 1. The van der Waals surface area contributed by atoms with Crippen LogP contribution in [0.25, 0.3) is 0 Å². The second-order valence-corrected chi connectivity index (χ2v) is 7.08. The van der Waals surface area contributed by atoms with Crippen molar-refractivity contribution in [2.75, 3.05) is 19.7 Å². The summed E-state index contributed by atoms with van der Waals surface area (Å²) in [6.07, 6.45) is 9.08. The zero-order valence-electron chi connectivity index (χ0n) is 12.7. The van der Waals surface area contributed by atoms with Crippen LogP contribution in [0.4, 0.5) is 0 Å². The van der Waals surface area contributed by atoms with Gasteiger partial charge in [0.05, 0.1) is 18.8 Å². The molecule has 0 aromatic carbocycles. The predicted octanol–water partition coefficient (Wildman–Crippen LogP) is 2.72. The minimum atomic E-state index is -0.363. The van der Waals surface area contributed by atoms with Gasteiger partial charge in [-0.2, -0.15) is 0 Å². The van der Waals surface area contributed by atoms with Crippen molar-refractivity contribution >= 4 is 0 Å². The summed E-state index contributed by atoms with van der Waals surface area (Å²) < 4.78 is 5.89. The maximum atomic E-state index is 9.97. The van der Waals surface area contributed by atoms with Crippen molar-refractivity contribution in [2.24, 2.45) is 11.3 Å². The fraction of sp³-hybridized carbons (Fsp3) is 1.00. The Kier molecular flexibility index (Phi) is 5.67. The van der Waals surface area contributed by atoms with E-state index in [9.17, 15) is 5.11 Å². The van der Waals surface area contributed by atoms with Gasteiger partial charge in [-0.05, 0) is 37.0 Å². The highest BCUT2D eigenvalue weighted by Crippen LogP contribution is 2.39. The lowest BCUT2D eigenvalue weighted by Gasteiger charge is -2.38. The molecule has 112 valence electrons. The Hall–Kier alpha value is -0.120. The first-order valence-corrected chi connectivity index (χ1v) is 8.09. The van der Waals surface area contributed by atoms with Crippen LogP contribution in [0.3, 0.4) is 0 Å². The van der Waals surface area contributed by atoms with E-state index < -0.39 is 0 Å². The molecule has 0 heterocycles. The maximum Gasteiger partial charge on any atom is 0.0897 e. The molecule has 0 spiro atoms. The molecule has 3 atom stereocenters. The van der Waals surface area contributed by atoms with Crippen molar-refractivity contribution in [3.63, 3.8) is 0 Å². The second kappa shape index (κ2) is 7.05. The van der Waals surface area contributed by atoms with E-state index in [0.717, 1.165) is 6.54 Å². The monoisotopic (exact) mass is 269 g/mol. The number of hydrogen-bond donors (Lipinski definition) is 2. The van der Waals surface area contributed by atoms with Gasteiger partial charge >= 0.3 is 0 Å². The van der Waals surface area contributed by atoms with E-state index in [0.29, 0.717) is 30.6 Å². The van der Waals surface area contributed by atoms with Crippen LogP contribution in [-0.2, 0) is 4.74 Å². The molecule has 0 saturated heterocycles. The normalized spacial score (nSPS) is 31.7. The van der Waals surface area contributed by atoms with Crippen LogP contribution in [-0.4, -0.2) is 37.0 Å². The summed E-state index contributed by atoms with van der Waals surface area (Å²) in [5.41, 5.74) is 0.485. The molecule has 0 aromatic rings. The van der Waals surface area contributed by atoms with Crippen LogP contribution in [0.1, 0.15) is 58.8 Å². The fourth-order valence-corrected chi connectivity index (χ4v) is 3.32. The number of rotatable bonds is 7. The molecular weight excluding hydrogens is 238 g/mol. The molecule has 3 nitrogen and oxygen atoms in total. The first-order valence-electron chi connectivity index (χ1n) is 8.09. The van der Waals surface area contributed by atoms with Gasteiger partial charge in [0.1, 0.15) is 0 Å². The Balaban J connectivity index is 1.55. The third kappa shape index (κ3) is 4.73. The molecular formula is C16H31NO2. The van der Waals surface area contributed by atoms with Crippen molar-refractivity contribution in [3.8, 4) is 0 Å². The second-order valence-electron chi connectivity index (χ2n) is 7.08. The lowest BCUT2D eigenvalue weighted by atomic mass is 9.70. The molecule has 2 rings (SSSR count). The summed E-state index contributed by atoms with van der Waals surface area (Å²) in [5, 5.41) is 13.4. The first kappa shape index (κ1) is 15.3. The van der Waals surface area contributed by atoms with E-state index in [1.807, 2.05) is 0 Å². The molecule has 0 bridgehead atoms. The van der Waals surface area contributed by atoms with E-state index in [1.54, 1.807) is 0 Å². The number of ether oxygens (including phenoxy) is 1. The van der Waals surface area contributed by atoms with Crippen LogP contribution in [0.15, 0.2) is 0 Å². The molecule has 3 unspecified atom stereocenters. The van der Waals surface area contributed by atoms with Crippen LogP contribution in [0, 0.1) is 11.3 Å². The average Bonchev–Trinajstić information content (AvgIpc) is 2.36. The number of aliphatic hydroxyl groups is 1.